The molecule has 20 heavy (non-hydrogen) atoms. The van der Waals surface area contributed by atoms with Crippen LogP contribution in [0.15, 0.2) is 42.5 Å². The van der Waals surface area contributed by atoms with E-state index in [1.54, 1.807) is 18.2 Å². The number of aromatic carboxylic acids is 1. The van der Waals surface area contributed by atoms with Crippen molar-refractivity contribution >= 4 is 11.7 Å². The van der Waals surface area contributed by atoms with Crippen LogP contribution in [0.1, 0.15) is 21.5 Å². The smallest absolute Gasteiger partial charge is 0.335 e. The summed E-state index contributed by atoms with van der Waals surface area (Å²) in [5.74, 6) is 0.0601. The molecule has 0 fully saturated rings. The van der Waals surface area contributed by atoms with E-state index in [1.165, 1.54) is 5.56 Å². The van der Waals surface area contributed by atoms with Gasteiger partial charge in [0.25, 0.3) is 0 Å². The number of carboxylic acids is 1. The molecule has 2 aromatic carbocycles. The highest BCUT2D eigenvalue weighted by atomic mass is 16.5. The Kier molecular flexibility index (Phi) is 3.29. The molecule has 0 bridgehead atoms. The van der Waals surface area contributed by atoms with Crippen LogP contribution in [0.5, 0.6) is 5.75 Å². The van der Waals surface area contributed by atoms with E-state index >= 15 is 0 Å². The van der Waals surface area contributed by atoms with Gasteiger partial charge in [-0.25, -0.2) is 4.79 Å². The molecule has 0 atom stereocenters. The topological polar surface area (TPSA) is 58.6 Å². The number of carbonyl (C=O) groups is 1. The standard InChI is InChI=1S/C16H15NO3/c18-16(19)13-3-1-2-11(8-13)10-17-14-4-5-15-12(9-14)6-7-20-15/h1-5,8-9,17H,6-7,10H2,(H,18,19). The quantitative estimate of drug-likeness (QED) is 0.896. The maximum atomic E-state index is 10.9. The molecule has 1 aliphatic rings. The van der Waals surface area contributed by atoms with Crippen LogP contribution in [0.25, 0.3) is 0 Å². The van der Waals surface area contributed by atoms with Gasteiger partial charge < -0.3 is 15.2 Å². The SMILES string of the molecule is O=C(O)c1cccc(CNc2ccc3c(c2)CCO3)c1. The molecule has 4 heteroatoms. The van der Waals surface area contributed by atoms with Crippen LogP contribution in [0.3, 0.4) is 0 Å². The van der Waals surface area contributed by atoms with Crippen LogP contribution >= 0.6 is 0 Å². The normalized spacial score (nSPS) is 12.6. The maximum absolute atomic E-state index is 10.9. The molecule has 0 saturated carbocycles. The lowest BCUT2D eigenvalue weighted by atomic mass is 10.1. The number of hydrogen-bond donors (Lipinski definition) is 2. The summed E-state index contributed by atoms with van der Waals surface area (Å²) in [6.07, 6.45) is 0.944. The first-order valence-corrected chi connectivity index (χ1v) is 6.54. The van der Waals surface area contributed by atoms with Crippen LogP contribution in [-0.2, 0) is 13.0 Å². The van der Waals surface area contributed by atoms with Gasteiger partial charge in [0, 0.05) is 18.7 Å². The lowest BCUT2D eigenvalue weighted by Gasteiger charge is -2.08. The Morgan fingerprint density at radius 1 is 1.25 bits per heavy atom. The number of rotatable bonds is 4. The average molecular weight is 269 g/mol. The molecule has 0 radical (unpaired) electrons. The van der Waals surface area contributed by atoms with Crippen molar-refractivity contribution in [2.45, 2.75) is 13.0 Å². The van der Waals surface area contributed by atoms with Crippen LogP contribution in [0, 0.1) is 0 Å². The number of anilines is 1. The first-order chi connectivity index (χ1) is 9.72. The molecule has 0 saturated heterocycles. The monoisotopic (exact) mass is 269 g/mol. The van der Waals surface area contributed by atoms with E-state index in [-0.39, 0.29) is 0 Å². The minimum absolute atomic E-state index is 0.312. The van der Waals surface area contributed by atoms with Gasteiger partial charge in [-0.2, -0.15) is 0 Å². The first kappa shape index (κ1) is 12.5. The molecule has 0 spiro atoms. The van der Waals surface area contributed by atoms with Gasteiger partial charge in [-0.05, 0) is 41.5 Å². The lowest BCUT2D eigenvalue weighted by Crippen LogP contribution is -2.02. The van der Waals surface area contributed by atoms with Gasteiger partial charge in [-0.15, -0.1) is 0 Å². The number of fused-ring (bicyclic) bond motifs is 1. The fourth-order valence-electron chi connectivity index (χ4n) is 2.31. The predicted molar refractivity (Wildman–Crippen MR) is 76.4 cm³/mol. The lowest BCUT2D eigenvalue weighted by molar-refractivity contribution is 0.0697. The van der Waals surface area contributed by atoms with E-state index in [2.05, 4.69) is 11.4 Å². The van der Waals surface area contributed by atoms with Crippen molar-refractivity contribution in [2.75, 3.05) is 11.9 Å². The van der Waals surface area contributed by atoms with E-state index < -0.39 is 5.97 Å². The van der Waals surface area contributed by atoms with E-state index in [1.807, 2.05) is 18.2 Å². The molecule has 3 rings (SSSR count). The van der Waals surface area contributed by atoms with Crippen LogP contribution in [0.2, 0.25) is 0 Å². The molecule has 2 N–H and O–H groups in total. The van der Waals surface area contributed by atoms with Crippen molar-refractivity contribution in [3.8, 4) is 5.75 Å². The minimum Gasteiger partial charge on any atom is -0.493 e. The summed E-state index contributed by atoms with van der Waals surface area (Å²) in [5, 5.41) is 12.3. The summed E-state index contributed by atoms with van der Waals surface area (Å²) in [4.78, 5) is 10.9. The number of ether oxygens (including phenoxy) is 1. The van der Waals surface area contributed by atoms with Crippen molar-refractivity contribution in [1.82, 2.24) is 0 Å². The first-order valence-electron chi connectivity index (χ1n) is 6.54. The van der Waals surface area contributed by atoms with E-state index in [4.69, 9.17) is 9.84 Å². The summed E-state index contributed by atoms with van der Waals surface area (Å²) in [6.45, 7) is 1.35. The molecule has 0 aliphatic carbocycles. The highest BCUT2D eigenvalue weighted by Gasteiger charge is 2.11. The third-order valence-corrected chi connectivity index (χ3v) is 3.36. The van der Waals surface area contributed by atoms with Crippen molar-refractivity contribution in [1.29, 1.82) is 0 Å². The zero-order chi connectivity index (χ0) is 13.9. The Labute approximate surface area is 117 Å². The highest BCUT2D eigenvalue weighted by Crippen LogP contribution is 2.28. The van der Waals surface area contributed by atoms with Gasteiger partial charge >= 0.3 is 5.97 Å². The van der Waals surface area contributed by atoms with E-state index in [9.17, 15) is 4.79 Å². The van der Waals surface area contributed by atoms with Crippen molar-refractivity contribution < 1.29 is 14.6 Å². The summed E-state index contributed by atoms with van der Waals surface area (Å²) in [6, 6.07) is 13.0. The highest BCUT2D eigenvalue weighted by molar-refractivity contribution is 5.87. The Hall–Kier alpha value is -2.49. The Morgan fingerprint density at radius 3 is 3.00 bits per heavy atom. The number of nitrogens with one attached hydrogen (secondary N) is 1. The van der Waals surface area contributed by atoms with Gasteiger partial charge in [0.05, 0.1) is 12.2 Å². The van der Waals surface area contributed by atoms with Gasteiger partial charge in [0.15, 0.2) is 0 Å². The van der Waals surface area contributed by atoms with Crippen LogP contribution in [-0.4, -0.2) is 17.7 Å². The third kappa shape index (κ3) is 2.59. The van der Waals surface area contributed by atoms with Gasteiger partial charge in [-0.1, -0.05) is 12.1 Å². The number of hydrogen-bond acceptors (Lipinski definition) is 3. The Morgan fingerprint density at radius 2 is 2.15 bits per heavy atom. The maximum Gasteiger partial charge on any atom is 0.335 e. The van der Waals surface area contributed by atoms with Crippen LogP contribution < -0.4 is 10.1 Å². The molecule has 1 heterocycles. The summed E-state index contributed by atoms with van der Waals surface area (Å²) >= 11 is 0. The summed E-state index contributed by atoms with van der Waals surface area (Å²) < 4.78 is 5.47. The van der Waals surface area contributed by atoms with Crippen molar-refractivity contribution in [3.05, 3.63) is 59.2 Å². The minimum atomic E-state index is -0.901. The second-order valence-corrected chi connectivity index (χ2v) is 4.78. The molecule has 102 valence electrons. The second-order valence-electron chi connectivity index (χ2n) is 4.78. The molecule has 1 aliphatic heterocycles. The molecule has 0 amide bonds. The molecule has 2 aromatic rings. The molecule has 4 nitrogen and oxygen atoms in total. The molecular weight excluding hydrogens is 254 g/mol. The van der Waals surface area contributed by atoms with Crippen molar-refractivity contribution in [3.63, 3.8) is 0 Å². The fraction of sp³-hybridized carbons (Fsp3) is 0.188. The largest absolute Gasteiger partial charge is 0.493 e. The predicted octanol–water partition coefficient (Wildman–Crippen LogP) is 2.93. The number of benzene rings is 2. The Balaban J connectivity index is 1.70. The zero-order valence-electron chi connectivity index (χ0n) is 10.9. The van der Waals surface area contributed by atoms with E-state index in [0.29, 0.717) is 12.1 Å². The average Bonchev–Trinajstić information content (AvgIpc) is 2.93. The molecule has 0 unspecified atom stereocenters. The second kappa shape index (κ2) is 5.25. The fourth-order valence-corrected chi connectivity index (χ4v) is 2.31. The number of carboxylic acid groups (broad SMARTS) is 1. The van der Waals surface area contributed by atoms with Crippen LogP contribution in [0.4, 0.5) is 5.69 Å². The third-order valence-electron chi connectivity index (χ3n) is 3.36. The van der Waals surface area contributed by atoms with Gasteiger partial charge in [0.2, 0.25) is 0 Å². The van der Waals surface area contributed by atoms with Crippen molar-refractivity contribution in [2.24, 2.45) is 0 Å². The molecular formula is C16H15NO3. The Bertz CT molecular complexity index is 652. The summed E-state index contributed by atoms with van der Waals surface area (Å²) in [7, 11) is 0. The van der Waals surface area contributed by atoms with E-state index in [0.717, 1.165) is 30.0 Å². The molecule has 0 aromatic heterocycles. The van der Waals surface area contributed by atoms with Gasteiger partial charge in [0.1, 0.15) is 5.75 Å². The van der Waals surface area contributed by atoms with Gasteiger partial charge in [-0.3, -0.25) is 0 Å². The summed E-state index contributed by atoms with van der Waals surface area (Å²) in [5.41, 5.74) is 3.50. The zero-order valence-corrected chi connectivity index (χ0v) is 10.9.